The highest BCUT2D eigenvalue weighted by atomic mass is 16.6. The Labute approximate surface area is 147 Å². The number of nitrogens with one attached hydrogen (secondary N) is 1. The number of hydrogen-bond acceptors (Lipinski definition) is 7. The number of benzene rings is 1. The van der Waals surface area contributed by atoms with E-state index in [-0.39, 0.29) is 0 Å². The van der Waals surface area contributed by atoms with Crippen LogP contribution in [0.4, 0.5) is 11.4 Å². The molecule has 134 valence electrons. The second kappa shape index (κ2) is 7.80. The average Bonchev–Trinajstić information content (AvgIpc) is 2.62. The number of pyridine rings is 1. The molecule has 0 aliphatic carbocycles. The van der Waals surface area contributed by atoms with Gasteiger partial charge in [-0.1, -0.05) is 0 Å². The van der Waals surface area contributed by atoms with E-state index in [0.29, 0.717) is 17.2 Å². The van der Waals surface area contributed by atoms with Gasteiger partial charge in [-0.25, -0.2) is 0 Å². The van der Waals surface area contributed by atoms with Gasteiger partial charge in [-0.3, -0.25) is 24.3 Å². The van der Waals surface area contributed by atoms with Crippen LogP contribution in [0, 0.1) is 21.4 Å². The number of carbonyl (C=O) groups excluding carboxylic acids is 1. The molecule has 1 N–H and O–H groups in total. The van der Waals surface area contributed by atoms with Crippen LogP contribution in [0.2, 0.25) is 0 Å². The Balaban J connectivity index is 2.31. The molecular weight excluding hydrogens is 344 g/mol. The highest BCUT2D eigenvalue weighted by Crippen LogP contribution is 2.28. The highest BCUT2D eigenvalue weighted by Gasteiger charge is 2.16. The summed E-state index contributed by atoms with van der Waals surface area (Å²) in [6, 6.07) is 7.19. The van der Waals surface area contributed by atoms with Crippen LogP contribution in [0.5, 0.6) is 11.5 Å². The van der Waals surface area contributed by atoms with Crippen molar-refractivity contribution < 1.29 is 19.2 Å². The summed E-state index contributed by atoms with van der Waals surface area (Å²) < 4.78 is 11.0. The predicted molar refractivity (Wildman–Crippen MR) is 90.2 cm³/mol. The van der Waals surface area contributed by atoms with Gasteiger partial charge in [-0.05, 0) is 12.1 Å². The van der Waals surface area contributed by atoms with E-state index in [0.717, 1.165) is 16.8 Å². The van der Waals surface area contributed by atoms with E-state index in [9.17, 15) is 19.7 Å². The third kappa shape index (κ3) is 3.96. The molecule has 0 unspecified atom stereocenters. The zero-order valence-corrected chi connectivity index (χ0v) is 13.9. The molecule has 0 spiro atoms. The number of methoxy groups -OCH3 is 2. The topological polar surface area (TPSA) is 136 Å². The van der Waals surface area contributed by atoms with Crippen molar-refractivity contribution in [2.24, 2.45) is 0 Å². The first-order valence-electron chi connectivity index (χ1n) is 7.20. The number of hydrogen-bond donors (Lipinski definition) is 1. The SMILES string of the molecule is COc1ccc(OC)c(NC(=O)Cn2cc([N+](=O)[O-])cc(C#N)c2=O)c1. The summed E-state index contributed by atoms with van der Waals surface area (Å²) in [6.07, 6.45) is 0.908. The molecule has 1 aromatic carbocycles. The summed E-state index contributed by atoms with van der Waals surface area (Å²) in [5.41, 5.74) is -1.39. The molecule has 0 radical (unpaired) electrons. The largest absolute Gasteiger partial charge is 0.497 e. The van der Waals surface area contributed by atoms with E-state index in [1.165, 1.54) is 20.3 Å². The first-order valence-corrected chi connectivity index (χ1v) is 7.20. The van der Waals surface area contributed by atoms with E-state index < -0.39 is 34.2 Å². The van der Waals surface area contributed by atoms with Crippen molar-refractivity contribution in [3.05, 3.63) is 56.5 Å². The lowest BCUT2D eigenvalue weighted by Gasteiger charge is -2.12. The third-order valence-electron chi connectivity index (χ3n) is 3.40. The Bertz CT molecular complexity index is 960. The van der Waals surface area contributed by atoms with Crippen molar-refractivity contribution in [3.63, 3.8) is 0 Å². The van der Waals surface area contributed by atoms with Gasteiger partial charge < -0.3 is 14.8 Å². The number of amides is 1. The molecule has 10 nitrogen and oxygen atoms in total. The number of nitriles is 1. The van der Waals surface area contributed by atoms with Crippen molar-refractivity contribution >= 4 is 17.3 Å². The van der Waals surface area contributed by atoms with Crippen LogP contribution in [0.15, 0.2) is 35.3 Å². The molecule has 1 heterocycles. The average molecular weight is 358 g/mol. The smallest absolute Gasteiger partial charge is 0.287 e. The van der Waals surface area contributed by atoms with Crippen LogP contribution in [0.25, 0.3) is 0 Å². The van der Waals surface area contributed by atoms with E-state index in [2.05, 4.69) is 5.32 Å². The Morgan fingerprint density at radius 1 is 1.35 bits per heavy atom. The third-order valence-corrected chi connectivity index (χ3v) is 3.40. The molecule has 0 saturated heterocycles. The maximum atomic E-state index is 12.3. The van der Waals surface area contributed by atoms with Crippen LogP contribution in [0.3, 0.4) is 0 Å². The molecular formula is C16H14N4O6. The van der Waals surface area contributed by atoms with E-state index in [1.54, 1.807) is 18.2 Å². The molecule has 0 aliphatic rings. The molecule has 0 saturated carbocycles. The Hall–Kier alpha value is -3.87. The van der Waals surface area contributed by atoms with Gasteiger partial charge in [0, 0.05) is 12.1 Å². The van der Waals surface area contributed by atoms with Crippen molar-refractivity contribution in [1.29, 1.82) is 5.26 Å². The fourth-order valence-electron chi connectivity index (χ4n) is 2.17. The molecule has 1 amide bonds. The molecule has 26 heavy (non-hydrogen) atoms. The van der Waals surface area contributed by atoms with E-state index in [1.807, 2.05) is 0 Å². The van der Waals surface area contributed by atoms with Crippen LogP contribution in [-0.4, -0.2) is 29.6 Å². The minimum atomic E-state index is -0.800. The standard InChI is InChI=1S/C16H14N4O6/c1-25-12-3-4-14(26-2)13(6-12)18-15(21)9-19-8-11(20(23)24)5-10(7-17)16(19)22/h3-6,8H,9H2,1-2H3,(H,18,21). The summed E-state index contributed by atoms with van der Waals surface area (Å²) in [5, 5.41) is 22.4. The van der Waals surface area contributed by atoms with Crippen molar-refractivity contribution in [2.75, 3.05) is 19.5 Å². The fourth-order valence-corrected chi connectivity index (χ4v) is 2.17. The van der Waals surface area contributed by atoms with Gasteiger partial charge >= 0.3 is 0 Å². The Kier molecular flexibility index (Phi) is 5.54. The van der Waals surface area contributed by atoms with Crippen LogP contribution in [0.1, 0.15) is 5.56 Å². The highest BCUT2D eigenvalue weighted by molar-refractivity contribution is 5.92. The van der Waals surface area contributed by atoms with Gasteiger partial charge in [0.25, 0.3) is 11.2 Å². The van der Waals surface area contributed by atoms with Gasteiger partial charge in [0.15, 0.2) is 0 Å². The fraction of sp³-hybridized carbons (Fsp3) is 0.188. The van der Waals surface area contributed by atoms with Gasteiger partial charge in [0.2, 0.25) is 5.91 Å². The van der Waals surface area contributed by atoms with Gasteiger partial charge in [-0.2, -0.15) is 5.26 Å². The minimum Gasteiger partial charge on any atom is -0.497 e. The summed E-state index contributed by atoms with van der Waals surface area (Å²) >= 11 is 0. The maximum absolute atomic E-state index is 12.3. The van der Waals surface area contributed by atoms with Crippen molar-refractivity contribution in [2.45, 2.75) is 6.54 Å². The summed E-state index contributed by atoms with van der Waals surface area (Å²) in [6.45, 7) is -0.518. The summed E-state index contributed by atoms with van der Waals surface area (Å²) in [5.74, 6) is 0.201. The number of nitrogens with zero attached hydrogens (tertiary/aromatic N) is 3. The number of anilines is 1. The molecule has 10 heteroatoms. The van der Waals surface area contributed by atoms with Gasteiger partial charge in [-0.15, -0.1) is 0 Å². The number of aromatic nitrogens is 1. The summed E-state index contributed by atoms with van der Waals surface area (Å²) in [7, 11) is 2.88. The molecule has 0 fully saturated rings. The van der Waals surface area contributed by atoms with Crippen molar-refractivity contribution in [1.82, 2.24) is 4.57 Å². The second-order valence-corrected chi connectivity index (χ2v) is 5.03. The van der Waals surface area contributed by atoms with Gasteiger partial charge in [0.1, 0.15) is 29.7 Å². The van der Waals surface area contributed by atoms with Crippen LogP contribution < -0.4 is 20.3 Å². The molecule has 0 aliphatic heterocycles. The van der Waals surface area contributed by atoms with Gasteiger partial charge in [0.05, 0.1) is 31.0 Å². The lowest BCUT2D eigenvalue weighted by molar-refractivity contribution is -0.385. The van der Waals surface area contributed by atoms with E-state index >= 15 is 0 Å². The molecule has 0 bridgehead atoms. The number of ether oxygens (including phenoxy) is 2. The maximum Gasteiger partial charge on any atom is 0.287 e. The zero-order valence-electron chi connectivity index (χ0n) is 13.9. The Morgan fingerprint density at radius 3 is 2.65 bits per heavy atom. The summed E-state index contributed by atoms with van der Waals surface area (Å²) in [4.78, 5) is 34.5. The first-order chi connectivity index (χ1) is 12.4. The normalized spacial score (nSPS) is 9.88. The molecule has 1 aromatic heterocycles. The monoisotopic (exact) mass is 358 g/mol. The number of nitro groups is 1. The minimum absolute atomic E-state index is 0.302. The lowest BCUT2D eigenvalue weighted by Crippen LogP contribution is -2.29. The molecule has 2 aromatic rings. The van der Waals surface area contributed by atoms with Crippen LogP contribution in [-0.2, 0) is 11.3 Å². The Morgan fingerprint density at radius 2 is 2.08 bits per heavy atom. The quantitative estimate of drug-likeness (QED) is 0.606. The lowest BCUT2D eigenvalue weighted by atomic mass is 10.2. The van der Waals surface area contributed by atoms with E-state index in [4.69, 9.17) is 14.7 Å². The molecule has 2 rings (SSSR count). The number of carbonyl (C=O) groups is 1. The second-order valence-electron chi connectivity index (χ2n) is 5.03. The number of rotatable bonds is 6. The van der Waals surface area contributed by atoms with Crippen LogP contribution >= 0.6 is 0 Å². The first kappa shape index (κ1) is 18.5. The predicted octanol–water partition coefficient (Wildman–Crippen LogP) is 1.28. The zero-order chi connectivity index (χ0) is 19.3. The molecule has 0 atom stereocenters. The van der Waals surface area contributed by atoms with Crippen molar-refractivity contribution in [3.8, 4) is 17.6 Å².